The molecule has 0 saturated heterocycles. The fourth-order valence-corrected chi connectivity index (χ4v) is 3.65. The third-order valence-corrected chi connectivity index (χ3v) is 4.51. The minimum absolute atomic E-state index is 0.535. The topological polar surface area (TPSA) is 28.7 Å². The van der Waals surface area contributed by atoms with Crippen molar-refractivity contribution in [2.24, 2.45) is 7.05 Å². The number of rotatable bonds is 2. The van der Waals surface area contributed by atoms with Crippen LogP contribution in [0, 0.1) is 11.3 Å². The fraction of sp³-hybridized carbons (Fsp3) is 0.471. The van der Waals surface area contributed by atoms with Crippen LogP contribution >= 0.6 is 0 Å². The lowest BCUT2D eigenvalue weighted by Gasteiger charge is -2.23. The lowest BCUT2D eigenvalue weighted by atomic mass is 9.85. The number of hydrogen-bond donors (Lipinski definition) is 0. The van der Waals surface area contributed by atoms with Gasteiger partial charge in [0.05, 0.1) is 12.5 Å². The van der Waals surface area contributed by atoms with Gasteiger partial charge in [-0.3, -0.25) is 0 Å². The number of aryl methyl sites for hydroxylation is 1. The Hall–Kier alpha value is -1.75. The van der Waals surface area contributed by atoms with Crippen molar-refractivity contribution in [1.29, 1.82) is 5.26 Å². The minimum Gasteiger partial charge on any atom is -0.347 e. The second-order valence-corrected chi connectivity index (χ2v) is 5.61. The smallest absolute Gasteiger partial charge is 0.0670 e. The first-order valence-electron chi connectivity index (χ1n) is 7.26. The summed E-state index contributed by atoms with van der Waals surface area (Å²) in [5.41, 5.74) is 3.96. The molecule has 0 amide bonds. The summed E-state index contributed by atoms with van der Waals surface area (Å²) >= 11 is 0. The van der Waals surface area contributed by atoms with Gasteiger partial charge < -0.3 is 4.57 Å². The number of hydrogen-bond acceptors (Lipinski definition) is 1. The van der Waals surface area contributed by atoms with Gasteiger partial charge in [-0.25, -0.2) is 0 Å². The largest absolute Gasteiger partial charge is 0.347 e. The summed E-state index contributed by atoms with van der Waals surface area (Å²) in [6, 6.07) is 10.8. The molecule has 0 spiro atoms. The van der Waals surface area contributed by atoms with Crippen LogP contribution in [0.2, 0.25) is 0 Å². The van der Waals surface area contributed by atoms with E-state index in [1.54, 1.807) is 0 Å². The van der Waals surface area contributed by atoms with E-state index in [1.165, 1.54) is 54.3 Å². The number of para-hydroxylation sites is 1. The summed E-state index contributed by atoms with van der Waals surface area (Å²) in [5.74, 6) is 0.648. The van der Waals surface area contributed by atoms with Crippen LogP contribution in [0.3, 0.4) is 0 Å². The summed E-state index contributed by atoms with van der Waals surface area (Å²) in [6.07, 6.45) is 7.13. The molecule has 1 aliphatic rings. The molecule has 2 heteroatoms. The summed E-state index contributed by atoms with van der Waals surface area (Å²) in [7, 11) is 2.16. The van der Waals surface area contributed by atoms with Gasteiger partial charge in [-0.05, 0) is 30.4 Å². The second kappa shape index (κ2) is 5.09. The molecule has 0 bridgehead atoms. The van der Waals surface area contributed by atoms with Gasteiger partial charge in [0, 0.05) is 23.6 Å². The molecule has 3 rings (SSSR count). The van der Waals surface area contributed by atoms with Crippen molar-refractivity contribution < 1.29 is 0 Å². The Balaban J connectivity index is 2.18. The van der Waals surface area contributed by atoms with E-state index >= 15 is 0 Å². The number of fused-ring (bicyclic) bond motifs is 1. The summed E-state index contributed by atoms with van der Waals surface area (Å²) in [4.78, 5) is 0. The fourth-order valence-electron chi connectivity index (χ4n) is 3.65. The SMILES string of the molecule is Cn1c(C2CCCCC2)c(CC#N)c2ccccc21. The molecule has 1 heterocycles. The molecule has 2 aromatic rings. The Labute approximate surface area is 114 Å². The Kier molecular flexibility index (Phi) is 3.29. The molecule has 1 aromatic carbocycles. The molecule has 0 radical (unpaired) electrons. The van der Waals surface area contributed by atoms with E-state index in [9.17, 15) is 0 Å². The van der Waals surface area contributed by atoms with Crippen LogP contribution in [0.5, 0.6) is 0 Å². The van der Waals surface area contributed by atoms with E-state index in [1.807, 2.05) is 0 Å². The van der Waals surface area contributed by atoms with E-state index in [-0.39, 0.29) is 0 Å². The first-order chi connectivity index (χ1) is 9.33. The van der Waals surface area contributed by atoms with Gasteiger partial charge in [0.15, 0.2) is 0 Å². The van der Waals surface area contributed by atoms with E-state index in [0.717, 1.165) is 0 Å². The number of nitrogens with zero attached hydrogens (tertiary/aromatic N) is 2. The van der Waals surface area contributed by atoms with Gasteiger partial charge in [-0.1, -0.05) is 37.5 Å². The van der Waals surface area contributed by atoms with Crippen molar-refractivity contribution in [1.82, 2.24) is 4.57 Å². The molecule has 0 N–H and O–H groups in total. The molecular weight excluding hydrogens is 232 g/mol. The molecule has 0 unspecified atom stereocenters. The Morgan fingerprint density at radius 2 is 1.95 bits per heavy atom. The molecule has 1 aliphatic carbocycles. The number of aromatic nitrogens is 1. The van der Waals surface area contributed by atoms with E-state index in [4.69, 9.17) is 5.26 Å². The van der Waals surface area contributed by atoms with Crippen molar-refractivity contribution in [3.8, 4) is 6.07 Å². The zero-order valence-electron chi connectivity index (χ0n) is 11.5. The maximum Gasteiger partial charge on any atom is 0.0670 e. The van der Waals surface area contributed by atoms with Gasteiger partial charge in [-0.2, -0.15) is 5.26 Å². The lowest BCUT2D eigenvalue weighted by molar-refractivity contribution is 0.428. The van der Waals surface area contributed by atoms with Crippen LogP contribution in [0.4, 0.5) is 0 Å². The Morgan fingerprint density at radius 1 is 1.21 bits per heavy atom. The average molecular weight is 252 g/mol. The first kappa shape index (κ1) is 12.3. The van der Waals surface area contributed by atoms with E-state index in [2.05, 4.69) is 41.9 Å². The van der Waals surface area contributed by atoms with Gasteiger partial charge >= 0.3 is 0 Å². The van der Waals surface area contributed by atoms with Gasteiger partial charge in [0.2, 0.25) is 0 Å². The van der Waals surface area contributed by atoms with Crippen LogP contribution in [0.25, 0.3) is 10.9 Å². The standard InChI is InChI=1S/C17H20N2/c1-19-16-10-6-5-9-14(16)15(11-12-18)17(19)13-7-3-2-4-8-13/h5-6,9-10,13H,2-4,7-8,11H2,1H3. The van der Waals surface area contributed by atoms with Crippen molar-refractivity contribution in [3.05, 3.63) is 35.5 Å². The minimum atomic E-state index is 0.535. The van der Waals surface area contributed by atoms with Gasteiger partial charge in [-0.15, -0.1) is 0 Å². The van der Waals surface area contributed by atoms with Crippen LogP contribution in [-0.2, 0) is 13.5 Å². The van der Waals surface area contributed by atoms with E-state index < -0.39 is 0 Å². The highest BCUT2D eigenvalue weighted by Crippen LogP contribution is 2.38. The quantitative estimate of drug-likeness (QED) is 0.783. The highest BCUT2D eigenvalue weighted by Gasteiger charge is 2.23. The maximum absolute atomic E-state index is 9.15. The van der Waals surface area contributed by atoms with Crippen molar-refractivity contribution in [2.75, 3.05) is 0 Å². The number of nitriles is 1. The molecule has 2 nitrogen and oxygen atoms in total. The first-order valence-corrected chi connectivity index (χ1v) is 7.26. The predicted molar refractivity (Wildman–Crippen MR) is 78.1 cm³/mol. The van der Waals surface area contributed by atoms with E-state index in [0.29, 0.717) is 12.3 Å². The molecule has 98 valence electrons. The average Bonchev–Trinajstić information content (AvgIpc) is 2.74. The highest BCUT2D eigenvalue weighted by atomic mass is 15.0. The second-order valence-electron chi connectivity index (χ2n) is 5.61. The Morgan fingerprint density at radius 3 is 2.68 bits per heavy atom. The molecule has 19 heavy (non-hydrogen) atoms. The molecular formula is C17H20N2. The zero-order valence-corrected chi connectivity index (χ0v) is 11.5. The lowest BCUT2D eigenvalue weighted by Crippen LogP contribution is -2.10. The van der Waals surface area contributed by atoms with Gasteiger partial charge in [0.25, 0.3) is 0 Å². The zero-order chi connectivity index (χ0) is 13.2. The monoisotopic (exact) mass is 252 g/mol. The van der Waals surface area contributed by atoms with Gasteiger partial charge in [0.1, 0.15) is 0 Å². The van der Waals surface area contributed by atoms with Crippen molar-refractivity contribution in [2.45, 2.75) is 44.4 Å². The third kappa shape index (κ3) is 2.04. The molecule has 1 aromatic heterocycles. The molecule has 0 atom stereocenters. The van der Waals surface area contributed by atoms with Crippen LogP contribution < -0.4 is 0 Å². The molecule has 1 saturated carbocycles. The third-order valence-electron chi connectivity index (χ3n) is 4.51. The summed E-state index contributed by atoms with van der Waals surface area (Å²) in [6.45, 7) is 0. The highest BCUT2D eigenvalue weighted by molar-refractivity contribution is 5.86. The van der Waals surface area contributed by atoms with Crippen LogP contribution in [0.1, 0.15) is 49.3 Å². The normalized spacial score (nSPS) is 16.6. The summed E-state index contributed by atoms with van der Waals surface area (Å²) in [5, 5.41) is 10.4. The van der Waals surface area contributed by atoms with Crippen molar-refractivity contribution in [3.63, 3.8) is 0 Å². The molecule has 1 fully saturated rings. The van der Waals surface area contributed by atoms with Crippen molar-refractivity contribution >= 4 is 10.9 Å². The van der Waals surface area contributed by atoms with Crippen LogP contribution in [0.15, 0.2) is 24.3 Å². The Bertz CT molecular complexity index is 624. The number of benzene rings is 1. The summed E-state index contributed by atoms with van der Waals surface area (Å²) < 4.78 is 2.33. The molecule has 0 aliphatic heterocycles. The maximum atomic E-state index is 9.15. The predicted octanol–water partition coefficient (Wildman–Crippen LogP) is 4.29. The van der Waals surface area contributed by atoms with Crippen LogP contribution in [-0.4, -0.2) is 4.57 Å².